The Morgan fingerprint density at radius 3 is 2.49 bits per heavy atom. The Morgan fingerprint density at radius 1 is 1.15 bits per heavy atom. The van der Waals surface area contributed by atoms with Gasteiger partial charge < -0.3 is 15.0 Å². The van der Waals surface area contributed by atoms with Crippen LogP contribution in [0.5, 0.6) is 5.75 Å². The van der Waals surface area contributed by atoms with E-state index in [1.165, 1.54) is 4.31 Å². The molecule has 1 fully saturated rings. The lowest BCUT2D eigenvalue weighted by Crippen LogP contribution is -2.51. The van der Waals surface area contributed by atoms with E-state index in [0.717, 1.165) is 37.5 Å². The lowest BCUT2D eigenvalue weighted by atomic mass is 10.1. The van der Waals surface area contributed by atoms with Crippen molar-refractivity contribution in [1.82, 2.24) is 10.2 Å². The second kappa shape index (κ2) is 14.0. The van der Waals surface area contributed by atoms with Gasteiger partial charge in [0.15, 0.2) is 0 Å². The molecule has 3 rings (SSSR count). The Balaban J connectivity index is 1.79. The van der Waals surface area contributed by atoms with Crippen LogP contribution in [0, 0.1) is 6.92 Å². The minimum absolute atomic E-state index is 0.0861. The van der Waals surface area contributed by atoms with E-state index in [4.69, 9.17) is 16.3 Å². The average Bonchev–Trinajstić information content (AvgIpc) is 3.40. The number of carbonyl (C=O) groups is 2. The van der Waals surface area contributed by atoms with Crippen LogP contribution in [0.4, 0.5) is 5.69 Å². The zero-order valence-corrected chi connectivity index (χ0v) is 24.9. The molecular formula is C29H40ClN3O5S. The number of hydrogen-bond donors (Lipinski definition) is 1. The minimum atomic E-state index is -3.61. The number of amides is 2. The molecule has 1 atom stereocenters. The Bertz CT molecular complexity index is 1250. The number of sulfonamides is 1. The van der Waals surface area contributed by atoms with Crippen molar-refractivity contribution in [3.63, 3.8) is 0 Å². The fraction of sp³-hybridized carbons (Fsp3) is 0.517. The largest absolute Gasteiger partial charge is 0.497 e. The molecule has 0 aliphatic heterocycles. The first-order valence-corrected chi connectivity index (χ1v) is 15.7. The van der Waals surface area contributed by atoms with Gasteiger partial charge in [-0.15, -0.1) is 0 Å². The number of rotatable bonds is 13. The zero-order chi connectivity index (χ0) is 28.6. The molecule has 214 valence electrons. The van der Waals surface area contributed by atoms with Crippen LogP contribution in [0.1, 0.15) is 63.0 Å². The molecule has 39 heavy (non-hydrogen) atoms. The Kier molecular flexibility index (Phi) is 11.1. The van der Waals surface area contributed by atoms with Crippen molar-refractivity contribution >= 4 is 39.1 Å². The molecular weight excluding hydrogens is 538 g/mol. The molecule has 0 radical (unpaired) electrons. The molecule has 0 aromatic heterocycles. The number of benzene rings is 2. The Hall–Kier alpha value is -2.78. The fourth-order valence-corrected chi connectivity index (χ4v) is 6.29. The third-order valence-electron chi connectivity index (χ3n) is 7.23. The van der Waals surface area contributed by atoms with Crippen molar-refractivity contribution < 1.29 is 22.7 Å². The molecule has 2 aromatic carbocycles. The van der Waals surface area contributed by atoms with E-state index in [9.17, 15) is 18.0 Å². The first-order chi connectivity index (χ1) is 18.5. The second-order valence-corrected chi connectivity index (χ2v) is 12.4. The Morgan fingerprint density at radius 2 is 1.85 bits per heavy atom. The SMILES string of the molecule is CC[C@@H](C(=O)NC1CCCC1)N(Cc1cccc(OC)c1)C(=O)CCCN(c1cccc(Cl)c1C)S(C)(=O)=O. The molecule has 1 N–H and O–H groups in total. The van der Waals surface area contributed by atoms with Crippen molar-refractivity contribution in [2.45, 2.75) is 77.4 Å². The van der Waals surface area contributed by atoms with E-state index in [2.05, 4.69) is 5.32 Å². The number of nitrogens with one attached hydrogen (secondary N) is 1. The standard InChI is InChI=1S/C29H40ClN3O5S/c1-5-26(29(35)31-23-12-6-7-13-23)32(20-22-11-8-14-24(19-22)38-3)28(34)17-10-18-33(39(4,36)37)27-16-9-15-25(30)21(27)2/h8-9,11,14-16,19,23,26H,5-7,10,12-13,17-18,20H2,1-4H3,(H,31,35)/t26-/m0/s1. The third-order valence-corrected chi connectivity index (χ3v) is 8.82. The molecule has 0 saturated heterocycles. The molecule has 10 heteroatoms. The molecule has 1 saturated carbocycles. The van der Waals surface area contributed by atoms with E-state index >= 15 is 0 Å². The van der Waals surface area contributed by atoms with Crippen LogP contribution in [-0.2, 0) is 26.2 Å². The van der Waals surface area contributed by atoms with Crippen LogP contribution in [0.3, 0.4) is 0 Å². The monoisotopic (exact) mass is 577 g/mol. The molecule has 0 heterocycles. The molecule has 0 bridgehead atoms. The number of anilines is 1. The van der Waals surface area contributed by atoms with Gasteiger partial charge in [-0.1, -0.05) is 49.6 Å². The van der Waals surface area contributed by atoms with Gasteiger partial charge in [0.05, 0.1) is 19.1 Å². The predicted molar refractivity (Wildman–Crippen MR) is 156 cm³/mol. The van der Waals surface area contributed by atoms with E-state index < -0.39 is 16.1 Å². The van der Waals surface area contributed by atoms with Crippen LogP contribution in [-0.4, -0.2) is 57.1 Å². The summed E-state index contributed by atoms with van der Waals surface area (Å²) in [6.07, 6.45) is 6.08. The lowest BCUT2D eigenvalue weighted by Gasteiger charge is -2.32. The smallest absolute Gasteiger partial charge is 0.243 e. The molecule has 2 aromatic rings. The third kappa shape index (κ3) is 8.35. The maximum Gasteiger partial charge on any atom is 0.243 e. The topological polar surface area (TPSA) is 96.0 Å². The van der Waals surface area contributed by atoms with Gasteiger partial charge in [0.1, 0.15) is 11.8 Å². The number of nitrogens with zero attached hydrogens (tertiary/aromatic N) is 2. The van der Waals surface area contributed by atoms with Gasteiger partial charge in [-0.05, 0) is 68.0 Å². The highest BCUT2D eigenvalue weighted by Gasteiger charge is 2.31. The van der Waals surface area contributed by atoms with Crippen molar-refractivity contribution in [2.75, 3.05) is 24.2 Å². The lowest BCUT2D eigenvalue weighted by molar-refractivity contribution is -0.141. The van der Waals surface area contributed by atoms with Crippen LogP contribution < -0.4 is 14.4 Å². The van der Waals surface area contributed by atoms with Gasteiger partial charge in [0.2, 0.25) is 21.8 Å². The summed E-state index contributed by atoms with van der Waals surface area (Å²) in [6.45, 7) is 4.03. The van der Waals surface area contributed by atoms with Gasteiger partial charge in [-0.25, -0.2) is 8.42 Å². The highest BCUT2D eigenvalue weighted by Crippen LogP contribution is 2.29. The number of ether oxygens (including phenoxy) is 1. The summed E-state index contributed by atoms with van der Waals surface area (Å²) in [6, 6.07) is 12.1. The van der Waals surface area contributed by atoms with E-state index in [1.807, 2.05) is 31.2 Å². The van der Waals surface area contributed by atoms with E-state index in [0.29, 0.717) is 28.4 Å². The van der Waals surface area contributed by atoms with Crippen molar-refractivity contribution in [3.8, 4) is 5.75 Å². The highest BCUT2D eigenvalue weighted by molar-refractivity contribution is 7.92. The molecule has 2 amide bonds. The second-order valence-electron chi connectivity index (χ2n) is 10.1. The normalized spacial score (nSPS) is 14.6. The summed E-state index contributed by atoms with van der Waals surface area (Å²) in [5, 5.41) is 3.62. The van der Waals surface area contributed by atoms with E-state index in [-0.39, 0.29) is 43.8 Å². The van der Waals surface area contributed by atoms with Gasteiger partial charge in [-0.2, -0.15) is 0 Å². The van der Waals surface area contributed by atoms with Gasteiger partial charge in [-0.3, -0.25) is 13.9 Å². The van der Waals surface area contributed by atoms with Crippen LogP contribution >= 0.6 is 11.6 Å². The van der Waals surface area contributed by atoms with Crippen LogP contribution in [0.15, 0.2) is 42.5 Å². The summed E-state index contributed by atoms with van der Waals surface area (Å²) < 4.78 is 31.9. The summed E-state index contributed by atoms with van der Waals surface area (Å²) in [5.41, 5.74) is 2.00. The van der Waals surface area contributed by atoms with Crippen molar-refractivity contribution in [2.24, 2.45) is 0 Å². The minimum Gasteiger partial charge on any atom is -0.497 e. The number of halogens is 1. The number of hydrogen-bond acceptors (Lipinski definition) is 5. The number of methoxy groups -OCH3 is 1. The number of carbonyl (C=O) groups excluding carboxylic acids is 2. The molecule has 1 aliphatic carbocycles. The first-order valence-electron chi connectivity index (χ1n) is 13.5. The molecule has 8 nitrogen and oxygen atoms in total. The fourth-order valence-electron chi connectivity index (χ4n) is 5.10. The quantitative estimate of drug-likeness (QED) is 0.358. The maximum absolute atomic E-state index is 13.7. The molecule has 1 aliphatic rings. The summed E-state index contributed by atoms with van der Waals surface area (Å²) in [4.78, 5) is 28.6. The van der Waals surface area contributed by atoms with Gasteiger partial charge in [0.25, 0.3) is 0 Å². The maximum atomic E-state index is 13.7. The van der Waals surface area contributed by atoms with Crippen LogP contribution in [0.25, 0.3) is 0 Å². The Labute approximate surface area is 237 Å². The van der Waals surface area contributed by atoms with Crippen LogP contribution in [0.2, 0.25) is 5.02 Å². The van der Waals surface area contributed by atoms with E-state index in [1.54, 1.807) is 37.1 Å². The summed E-state index contributed by atoms with van der Waals surface area (Å²) in [5.74, 6) is 0.319. The summed E-state index contributed by atoms with van der Waals surface area (Å²) >= 11 is 6.24. The van der Waals surface area contributed by atoms with Gasteiger partial charge in [0, 0.05) is 30.6 Å². The highest BCUT2D eigenvalue weighted by atomic mass is 35.5. The first kappa shape index (κ1) is 30.8. The summed E-state index contributed by atoms with van der Waals surface area (Å²) in [7, 11) is -2.02. The average molecular weight is 578 g/mol. The predicted octanol–water partition coefficient (Wildman–Crippen LogP) is 5.07. The zero-order valence-electron chi connectivity index (χ0n) is 23.3. The van der Waals surface area contributed by atoms with Gasteiger partial charge >= 0.3 is 0 Å². The van der Waals surface area contributed by atoms with Crippen molar-refractivity contribution in [1.29, 1.82) is 0 Å². The molecule has 0 unspecified atom stereocenters. The van der Waals surface area contributed by atoms with Crippen molar-refractivity contribution in [3.05, 3.63) is 58.6 Å². The molecule has 0 spiro atoms.